The first-order chi connectivity index (χ1) is 12.7. The van der Waals surface area contributed by atoms with Gasteiger partial charge < -0.3 is 20.0 Å². The van der Waals surface area contributed by atoms with Crippen molar-refractivity contribution in [1.82, 2.24) is 15.6 Å². The van der Waals surface area contributed by atoms with E-state index in [2.05, 4.69) is 38.2 Å². The first-order valence-corrected chi connectivity index (χ1v) is 9.08. The van der Waals surface area contributed by atoms with E-state index in [1.165, 1.54) is 0 Å². The second kappa shape index (κ2) is 11.0. The average molecular weight is 481 g/mol. The Morgan fingerprint density at radius 1 is 1.37 bits per heavy atom. The highest BCUT2D eigenvalue weighted by Crippen LogP contribution is 2.17. The largest absolute Gasteiger partial charge is 0.469 e. The van der Waals surface area contributed by atoms with Gasteiger partial charge >= 0.3 is 0 Å². The van der Waals surface area contributed by atoms with E-state index in [4.69, 9.17) is 4.42 Å². The number of nitrogens with one attached hydrogen (secondary N) is 2. The van der Waals surface area contributed by atoms with Gasteiger partial charge in [-0.2, -0.15) is 0 Å². The van der Waals surface area contributed by atoms with Crippen LogP contribution in [0.15, 0.2) is 64.4 Å². The monoisotopic (exact) mass is 481 g/mol. The molecule has 2 N–H and O–H groups in total. The van der Waals surface area contributed by atoms with Gasteiger partial charge in [0.05, 0.1) is 12.8 Å². The smallest absolute Gasteiger partial charge is 0.191 e. The molecule has 1 aliphatic heterocycles. The molecule has 2 aromatic rings. The molecule has 0 bridgehead atoms. The van der Waals surface area contributed by atoms with Gasteiger partial charge in [-0.05, 0) is 37.6 Å². The van der Waals surface area contributed by atoms with Crippen molar-refractivity contribution in [3.63, 3.8) is 0 Å². The minimum atomic E-state index is 0. The van der Waals surface area contributed by atoms with Crippen molar-refractivity contribution in [2.45, 2.75) is 25.8 Å². The van der Waals surface area contributed by atoms with Gasteiger partial charge in [-0.3, -0.25) is 0 Å². The van der Waals surface area contributed by atoms with Crippen LogP contribution in [-0.2, 0) is 6.42 Å². The summed E-state index contributed by atoms with van der Waals surface area (Å²) in [5, 5.41) is 6.95. The third-order valence-corrected chi connectivity index (χ3v) is 4.25. The van der Waals surface area contributed by atoms with Crippen molar-refractivity contribution >= 4 is 35.8 Å². The van der Waals surface area contributed by atoms with E-state index >= 15 is 0 Å². The summed E-state index contributed by atoms with van der Waals surface area (Å²) in [5.74, 6) is 2.83. The van der Waals surface area contributed by atoms with E-state index in [0.717, 1.165) is 55.6 Å². The number of halogens is 1. The molecule has 0 spiro atoms. The summed E-state index contributed by atoms with van der Waals surface area (Å²) in [4.78, 5) is 11.4. The zero-order valence-corrected chi connectivity index (χ0v) is 18.1. The fourth-order valence-electron chi connectivity index (χ4n) is 2.95. The lowest BCUT2D eigenvalue weighted by molar-refractivity contribution is 0.506. The number of pyridine rings is 1. The molecule has 1 atom stereocenters. The molecule has 3 rings (SSSR count). The number of aromatic nitrogens is 1. The molecule has 0 aliphatic carbocycles. The van der Waals surface area contributed by atoms with Gasteiger partial charge in [0.1, 0.15) is 11.6 Å². The Morgan fingerprint density at radius 3 is 2.96 bits per heavy atom. The maximum absolute atomic E-state index is 5.38. The molecule has 146 valence electrons. The topological polar surface area (TPSA) is 65.7 Å². The molecule has 1 unspecified atom stereocenters. The Labute approximate surface area is 178 Å². The third kappa shape index (κ3) is 6.89. The second-order valence-corrected chi connectivity index (χ2v) is 6.64. The van der Waals surface area contributed by atoms with E-state index in [1.54, 1.807) is 6.26 Å². The molecule has 0 aromatic carbocycles. The van der Waals surface area contributed by atoms with Crippen LogP contribution < -0.4 is 15.5 Å². The Morgan fingerprint density at radius 2 is 2.26 bits per heavy atom. The van der Waals surface area contributed by atoms with E-state index in [-0.39, 0.29) is 24.0 Å². The van der Waals surface area contributed by atoms with Crippen LogP contribution in [0.1, 0.15) is 19.1 Å². The van der Waals surface area contributed by atoms with Gasteiger partial charge in [-0.25, -0.2) is 9.98 Å². The Balaban J connectivity index is 0.00000261. The number of nitrogens with zero attached hydrogens (tertiary/aromatic N) is 3. The van der Waals surface area contributed by atoms with Crippen LogP contribution >= 0.6 is 24.0 Å². The highest BCUT2D eigenvalue weighted by molar-refractivity contribution is 14.0. The summed E-state index contributed by atoms with van der Waals surface area (Å²) in [6.07, 6.45) is 5.43. The Kier molecular flexibility index (Phi) is 8.63. The summed E-state index contributed by atoms with van der Waals surface area (Å²) in [5.41, 5.74) is 1.04. The van der Waals surface area contributed by atoms with Gasteiger partial charge in [0, 0.05) is 38.3 Å². The van der Waals surface area contributed by atoms with Gasteiger partial charge in [-0.1, -0.05) is 18.2 Å². The van der Waals surface area contributed by atoms with Crippen molar-refractivity contribution in [2.24, 2.45) is 4.99 Å². The summed E-state index contributed by atoms with van der Waals surface area (Å²) in [7, 11) is 0. The quantitative estimate of drug-likeness (QED) is 0.275. The molecule has 6 nitrogen and oxygen atoms in total. The molecule has 27 heavy (non-hydrogen) atoms. The number of furan rings is 1. The molecule has 1 aliphatic rings. The molecule has 3 heterocycles. The Hall–Kier alpha value is -2.03. The van der Waals surface area contributed by atoms with Crippen molar-refractivity contribution in [1.29, 1.82) is 0 Å². The van der Waals surface area contributed by atoms with Crippen LogP contribution in [0, 0.1) is 0 Å². The van der Waals surface area contributed by atoms with Crippen molar-refractivity contribution in [3.8, 4) is 0 Å². The number of rotatable bonds is 7. The molecular weight excluding hydrogens is 453 g/mol. The van der Waals surface area contributed by atoms with Gasteiger partial charge in [0.25, 0.3) is 0 Å². The highest BCUT2D eigenvalue weighted by atomic mass is 127. The average Bonchev–Trinajstić information content (AvgIpc) is 3.32. The SMILES string of the molecule is C=C(C)CN=C(NCCc1ccco1)NC1CCN(c2ccccn2)C1.I. The summed E-state index contributed by atoms with van der Waals surface area (Å²) in [6, 6.07) is 10.3. The van der Waals surface area contributed by atoms with Gasteiger partial charge in [0.2, 0.25) is 0 Å². The predicted molar refractivity (Wildman–Crippen MR) is 121 cm³/mol. The van der Waals surface area contributed by atoms with Gasteiger partial charge in [-0.15, -0.1) is 24.0 Å². The standard InChI is InChI=1S/C20H27N5O.HI/c1-16(2)14-23-20(22-11-8-18-6-5-13-26-18)24-17-9-12-25(15-17)19-7-3-4-10-21-19;/h3-7,10,13,17H,1,8-9,11-12,14-15H2,2H3,(H2,22,23,24);1H. The zero-order valence-electron chi connectivity index (χ0n) is 15.7. The Bertz CT molecular complexity index is 717. The first kappa shape index (κ1) is 21.3. The normalized spacial score (nSPS) is 16.7. The van der Waals surface area contributed by atoms with Crippen LogP contribution in [0.25, 0.3) is 0 Å². The minimum Gasteiger partial charge on any atom is -0.469 e. The van der Waals surface area contributed by atoms with Crippen LogP contribution in [0.5, 0.6) is 0 Å². The maximum atomic E-state index is 5.38. The first-order valence-electron chi connectivity index (χ1n) is 9.08. The number of aliphatic imine (C=N–C) groups is 1. The van der Waals surface area contributed by atoms with Crippen molar-refractivity contribution in [2.75, 3.05) is 31.1 Å². The molecule has 0 saturated carbocycles. The molecule has 7 heteroatoms. The van der Waals surface area contributed by atoms with E-state index < -0.39 is 0 Å². The van der Waals surface area contributed by atoms with Crippen molar-refractivity contribution in [3.05, 3.63) is 60.7 Å². The molecular formula is C20H28IN5O. The lowest BCUT2D eigenvalue weighted by Crippen LogP contribution is -2.45. The summed E-state index contributed by atoms with van der Waals surface area (Å²) in [6.45, 7) is 9.23. The fourth-order valence-corrected chi connectivity index (χ4v) is 2.95. The lowest BCUT2D eigenvalue weighted by Gasteiger charge is -2.19. The maximum Gasteiger partial charge on any atom is 0.191 e. The molecule has 2 aromatic heterocycles. The fraction of sp³-hybridized carbons (Fsp3) is 0.400. The zero-order chi connectivity index (χ0) is 18.2. The summed E-state index contributed by atoms with van der Waals surface area (Å²) >= 11 is 0. The van der Waals surface area contributed by atoms with E-state index in [1.807, 2.05) is 37.4 Å². The lowest BCUT2D eigenvalue weighted by atomic mass is 10.2. The second-order valence-electron chi connectivity index (χ2n) is 6.64. The number of guanidine groups is 1. The number of hydrogen-bond donors (Lipinski definition) is 2. The van der Waals surface area contributed by atoms with Crippen LogP contribution in [0.3, 0.4) is 0 Å². The van der Waals surface area contributed by atoms with Crippen LogP contribution in [-0.4, -0.2) is 43.2 Å². The van der Waals surface area contributed by atoms with Crippen LogP contribution in [0.4, 0.5) is 5.82 Å². The molecule has 1 fully saturated rings. The predicted octanol–water partition coefficient (Wildman–Crippen LogP) is 3.23. The van der Waals surface area contributed by atoms with Crippen molar-refractivity contribution < 1.29 is 4.42 Å². The molecule has 0 radical (unpaired) electrons. The highest BCUT2D eigenvalue weighted by Gasteiger charge is 2.24. The van der Waals surface area contributed by atoms with Crippen LogP contribution in [0.2, 0.25) is 0 Å². The minimum absolute atomic E-state index is 0. The molecule has 0 amide bonds. The van der Waals surface area contributed by atoms with E-state index in [9.17, 15) is 0 Å². The molecule has 1 saturated heterocycles. The van der Waals surface area contributed by atoms with Gasteiger partial charge in [0.15, 0.2) is 5.96 Å². The number of anilines is 1. The third-order valence-electron chi connectivity index (χ3n) is 4.25. The van der Waals surface area contributed by atoms with E-state index in [0.29, 0.717) is 12.6 Å². The summed E-state index contributed by atoms with van der Waals surface area (Å²) < 4.78 is 5.38. The number of hydrogen-bond acceptors (Lipinski definition) is 4.